The Morgan fingerprint density at radius 3 is 2.22 bits per heavy atom. The number of hydrogen-bond donors (Lipinski definition) is 2. The van der Waals surface area contributed by atoms with Crippen LogP contribution in [0.4, 0.5) is 16.2 Å². The number of carbonyl (C=O) groups is 1. The van der Waals surface area contributed by atoms with E-state index in [0.717, 1.165) is 38.8 Å². The first-order valence-electron chi connectivity index (χ1n) is 8.88. The van der Waals surface area contributed by atoms with Crippen LogP contribution in [0.25, 0.3) is 0 Å². The molecule has 0 spiro atoms. The minimum absolute atomic E-state index is 0.107. The third-order valence-corrected chi connectivity index (χ3v) is 6.02. The number of anilines is 2. The number of amides is 2. The molecule has 2 amide bonds. The number of likely N-dealkylation sites (tertiary alicyclic amines) is 1. The Hall–Kier alpha value is -2.25. The van der Waals surface area contributed by atoms with E-state index in [9.17, 15) is 13.2 Å². The maximum atomic E-state index is 12.5. The summed E-state index contributed by atoms with van der Waals surface area (Å²) < 4.78 is 27.5. The van der Waals surface area contributed by atoms with Gasteiger partial charge < -0.3 is 10.2 Å². The van der Waals surface area contributed by atoms with Gasteiger partial charge in [-0.15, -0.1) is 0 Å². The maximum Gasteiger partial charge on any atom is 0.321 e. The van der Waals surface area contributed by atoms with Crippen molar-refractivity contribution in [2.75, 3.05) is 23.1 Å². The van der Waals surface area contributed by atoms with Crippen LogP contribution < -0.4 is 10.0 Å². The number of carbonyl (C=O) groups excluding carboxylic acids is 1. The molecule has 8 heteroatoms. The summed E-state index contributed by atoms with van der Waals surface area (Å²) in [6, 6.07) is 12.4. The summed E-state index contributed by atoms with van der Waals surface area (Å²) in [6.45, 7) is 1.50. The zero-order valence-corrected chi connectivity index (χ0v) is 16.4. The third kappa shape index (κ3) is 5.37. The molecule has 1 saturated heterocycles. The Balaban J connectivity index is 1.66. The SMILES string of the molecule is O=C(Nc1ccc(S(=O)(=O)Nc2cccc(Cl)c2)cc1)N1CCCCCC1. The first kappa shape index (κ1) is 19.5. The summed E-state index contributed by atoms with van der Waals surface area (Å²) in [5, 5.41) is 3.28. The second kappa shape index (κ2) is 8.63. The average Bonchev–Trinajstić information content (AvgIpc) is 2.91. The van der Waals surface area contributed by atoms with E-state index in [1.54, 1.807) is 35.2 Å². The Morgan fingerprint density at radius 1 is 0.926 bits per heavy atom. The van der Waals surface area contributed by atoms with Crippen molar-refractivity contribution in [1.29, 1.82) is 0 Å². The van der Waals surface area contributed by atoms with Gasteiger partial charge in [0.1, 0.15) is 0 Å². The fourth-order valence-corrected chi connectivity index (χ4v) is 4.20. The van der Waals surface area contributed by atoms with Gasteiger partial charge in [-0.05, 0) is 55.3 Å². The summed E-state index contributed by atoms with van der Waals surface area (Å²) in [4.78, 5) is 14.3. The molecule has 3 rings (SSSR count). The minimum atomic E-state index is -3.73. The van der Waals surface area contributed by atoms with Crippen molar-refractivity contribution in [2.45, 2.75) is 30.6 Å². The van der Waals surface area contributed by atoms with E-state index in [1.165, 1.54) is 18.2 Å². The van der Waals surface area contributed by atoms with Gasteiger partial charge in [0, 0.05) is 23.8 Å². The highest BCUT2D eigenvalue weighted by molar-refractivity contribution is 7.92. The number of halogens is 1. The van der Waals surface area contributed by atoms with Crippen molar-refractivity contribution in [2.24, 2.45) is 0 Å². The van der Waals surface area contributed by atoms with Crippen LogP contribution in [0.5, 0.6) is 0 Å². The van der Waals surface area contributed by atoms with Crippen LogP contribution in [-0.2, 0) is 10.0 Å². The van der Waals surface area contributed by atoms with E-state index in [2.05, 4.69) is 10.0 Å². The van der Waals surface area contributed by atoms with Gasteiger partial charge in [-0.25, -0.2) is 13.2 Å². The number of urea groups is 1. The molecule has 6 nitrogen and oxygen atoms in total. The predicted molar refractivity (Wildman–Crippen MR) is 108 cm³/mol. The molecule has 1 aliphatic rings. The largest absolute Gasteiger partial charge is 0.325 e. The molecule has 0 saturated carbocycles. The van der Waals surface area contributed by atoms with Crippen molar-refractivity contribution >= 4 is 39.0 Å². The highest BCUT2D eigenvalue weighted by Gasteiger charge is 2.17. The van der Waals surface area contributed by atoms with Gasteiger partial charge in [-0.2, -0.15) is 0 Å². The van der Waals surface area contributed by atoms with Crippen molar-refractivity contribution in [3.63, 3.8) is 0 Å². The lowest BCUT2D eigenvalue weighted by atomic mass is 10.2. The minimum Gasteiger partial charge on any atom is -0.325 e. The average molecular weight is 408 g/mol. The van der Waals surface area contributed by atoms with Crippen molar-refractivity contribution in [3.05, 3.63) is 53.6 Å². The summed E-state index contributed by atoms with van der Waals surface area (Å²) in [5.74, 6) is 0. The highest BCUT2D eigenvalue weighted by Crippen LogP contribution is 2.21. The molecule has 0 aromatic heterocycles. The van der Waals surface area contributed by atoms with Crippen molar-refractivity contribution in [1.82, 2.24) is 4.90 Å². The quantitative estimate of drug-likeness (QED) is 0.780. The Labute approximate surface area is 164 Å². The lowest BCUT2D eigenvalue weighted by molar-refractivity contribution is 0.214. The van der Waals surface area contributed by atoms with Gasteiger partial charge in [-0.3, -0.25) is 4.72 Å². The first-order chi connectivity index (χ1) is 12.9. The molecule has 1 aliphatic heterocycles. The molecule has 0 atom stereocenters. The Bertz CT molecular complexity index is 893. The number of hydrogen-bond acceptors (Lipinski definition) is 3. The number of rotatable bonds is 4. The molecule has 0 radical (unpaired) electrons. The zero-order valence-electron chi connectivity index (χ0n) is 14.8. The van der Waals surface area contributed by atoms with Gasteiger partial charge in [0.2, 0.25) is 0 Å². The monoisotopic (exact) mass is 407 g/mol. The van der Waals surface area contributed by atoms with Gasteiger partial charge >= 0.3 is 6.03 Å². The van der Waals surface area contributed by atoms with E-state index < -0.39 is 10.0 Å². The smallest absolute Gasteiger partial charge is 0.321 e. The van der Waals surface area contributed by atoms with E-state index in [0.29, 0.717) is 16.4 Å². The Kier molecular flexibility index (Phi) is 6.23. The van der Waals surface area contributed by atoms with E-state index in [1.807, 2.05) is 0 Å². The fraction of sp³-hybridized carbons (Fsp3) is 0.316. The lowest BCUT2D eigenvalue weighted by Gasteiger charge is -2.20. The molecule has 144 valence electrons. The van der Waals surface area contributed by atoms with E-state index in [4.69, 9.17) is 11.6 Å². The molecule has 2 N–H and O–H groups in total. The van der Waals surface area contributed by atoms with Crippen LogP contribution in [0.3, 0.4) is 0 Å². The van der Waals surface area contributed by atoms with Crippen LogP contribution in [0, 0.1) is 0 Å². The van der Waals surface area contributed by atoms with Crippen molar-refractivity contribution < 1.29 is 13.2 Å². The fourth-order valence-electron chi connectivity index (χ4n) is 2.96. The number of benzene rings is 2. The van der Waals surface area contributed by atoms with Gasteiger partial charge in [0.05, 0.1) is 10.6 Å². The lowest BCUT2D eigenvalue weighted by Crippen LogP contribution is -2.35. The van der Waals surface area contributed by atoms with Crippen LogP contribution >= 0.6 is 11.6 Å². The molecule has 2 aromatic carbocycles. The molecule has 1 fully saturated rings. The summed E-state index contributed by atoms with van der Waals surface area (Å²) in [6.07, 6.45) is 4.32. The molecule has 0 bridgehead atoms. The van der Waals surface area contributed by atoms with Crippen LogP contribution in [0.1, 0.15) is 25.7 Å². The topological polar surface area (TPSA) is 78.5 Å². The maximum absolute atomic E-state index is 12.5. The second-order valence-corrected chi connectivity index (χ2v) is 8.59. The van der Waals surface area contributed by atoms with Gasteiger partial charge in [0.25, 0.3) is 10.0 Å². The first-order valence-corrected chi connectivity index (χ1v) is 10.7. The second-order valence-electron chi connectivity index (χ2n) is 6.47. The molecule has 0 unspecified atom stereocenters. The van der Waals surface area contributed by atoms with Crippen LogP contribution in [0.15, 0.2) is 53.4 Å². The number of nitrogens with one attached hydrogen (secondary N) is 2. The molecule has 27 heavy (non-hydrogen) atoms. The summed E-state index contributed by atoms with van der Waals surface area (Å²) in [5.41, 5.74) is 0.951. The summed E-state index contributed by atoms with van der Waals surface area (Å²) >= 11 is 5.88. The molecule has 1 heterocycles. The van der Waals surface area contributed by atoms with Gasteiger partial charge in [0.15, 0.2) is 0 Å². The molecular weight excluding hydrogens is 386 g/mol. The predicted octanol–water partition coefficient (Wildman–Crippen LogP) is 4.55. The van der Waals surface area contributed by atoms with Crippen molar-refractivity contribution in [3.8, 4) is 0 Å². The normalized spacial score (nSPS) is 15.1. The highest BCUT2D eigenvalue weighted by atomic mass is 35.5. The van der Waals surface area contributed by atoms with Crippen LogP contribution in [0.2, 0.25) is 5.02 Å². The number of nitrogens with zero attached hydrogens (tertiary/aromatic N) is 1. The number of sulfonamides is 1. The molecule has 0 aliphatic carbocycles. The summed E-state index contributed by atoms with van der Waals surface area (Å²) in [7, 11) is -3.73. The molecule has 2 aromatic rings. The Morgan fingerprint density at radius 2 is 1.59 bits per heavy atom. The van der Waals surface area contributed by atoms with Gasteiger partial charge in [-0.1, -0.05) is 30.5 Å². The molecular formula is C19H22ClN3O3S. The van der Waals surface area contributed by atoms with Crippen LogP contribution in [-0.4, -0.2) is 32.4 Å². The van der Waals surface area contributed by atoms with E-state index in [-0.39, 0.29) is 10.9 Å². The standard InChI is InChI=1S/C19H22ClN3O3S/c20-15-6-5-7-17(14-15)22-27(25,26)18-10-8-16(9-11-18)21-19(24)23-12-3-1-2-4-13-23/h5-11,14,22H,1-4,12-13H2,(H,21,24). The van der Waals surface area contributed by atoms with E-state index >= 15 is 0 Å². The third-order valence-electron chi connectivity index (χ3n) is 4.39. The zero-order chi connectivity index (χ0) is 19.3.